The zero-order chi connectivity index (χ0) is 24.1. The van der Waals surface area contributed by atoms with E-state index in [0.717, 1.165) is 5.56 Å². The third kappa shape index (κ3) is 5.79. The molecule has 3 atom stereocenters. The number of aromatic nitrogens is 3. The van der Waals surface area contributed by atoms with Gasteiger partial charge in [0, 0.05) is 18.2 Å². The van der Waals surface area contributed by atoms with Crippen LogP contribution in [0.1, 0.15) is 19.3 Å². The number of aryl methyl sites for hydroxylation is 1. The summed E-state index contributed by atoms with van der Waals surface area (Å²) in [5, 5.41) is 18.1. The van der Waals surface area contributed by atoms with Gasteiger partial charge in [-0.15, -0.1) is 5.10 Å². The van der Waals surface area contributed by atoms with Crippen LogP contribution >= 0.6 is 0 Å². The summed E-state index contributed by atoms with van der Waals surface area (Å²) in [4.78, 5) is 0.0915. The van der Waals surface area contributed by atoms with Crippen molar-refractivity contribution in [1.82, 2.24) is 19.7 Å². The van der Waals surface area contributed by atoms with Crippen LogP contribution in [0.3, 0.4) is 0 Å². The third-order valence-electron chi connectivity index (χ3n) is 5.81. The van der Waals surface area contributed by atoms with Crippen LogP contribution in [-0.2, 0) is 21.3 Å². The quantitative estimate of drug-likeness (QED) is 0.473. The fraction of sp³-hybridized carbons (Fsp3) is 0.391. The minimum absolute atomic E-state index is 0.0915. The van der Waals surface area contributed by atoms with Crippen LogP contribution in [0.4, 0.5) is 4.39 Å². The van der Waals surface area contributed by atoms with E-state index in [2.05, 4.69) is 15.0 Å². The Labute approximate surface area is 197 Å². The Morgan fingerprint density at radius 2 is 2.03 bits per heavy atom. The lowest BCUT2D eigenvalue weighted by Crippen LogP contribution is -2.50. The summed E-state index contributed by atoms with van der Waals surface area (Å²) in [5.74, 6) is 0.130. The lowest BCUT2D eigenvalue weighted by Gasteiger charge is -2.36. The number of ether oxygens (including phenoxy) is 2. The van der Waals surface area contributed by atoms with Crippen LogP contribution in [0.2, 0.25) is 0 Å². The second-order valence-corrected chi connectivity index (χ2v) is 9.84. The highest BCUT2D eigenvalue weighted by Gasteiger charge is 2.34. The molecule has 4 rings (SSSR count). The van der Waals surface area contributed by atoms with E-state index in [9.17, 15) is 17.9 Å². The fourth-order valence-electron chi connectivity index (χ4n) is 3.95. The molecule has 34 heavy (non-hydrogen) atoms. The molecule has 1 aliphatic rings. The predicted molar refractivity (Wildman–Crippen MR) is 122 cm³/mol. The normalized spacial score (nSPS) is 20.9. The number of aliphatic hydroxyl groups is 1. The van der Waals surface area contributed by atoms with Gasteiger partial charge < -0.3 is 14.6 Å². The van der Waals surface area contributed by atoms with Crippen LogP contribution in [-0.4, -0.2) is 60.5 Å². The molecule has 3 aromatic rings. The van der Waals surface area contributed by atoms with E-state index < -0.39 is 22.2 Å². The Morgan fingerprint density at radius 1 is 1.24 bits per heavy atom. The molecule has 0 spiro atoms. The standard InChI is InChI=1S/C23H27FN4O5S/c1-32-19-3-2-4-20(13-19)34(30,31)26-21-10-9-18(33-23(21)15-29)11-12-28-14-22(25-27-28)16-5-7-17(24)8-6-16/h2-8,13-14,18,21,23,26,29H,9-12,15H2,1H3/t18-,21-,23-/m0/s1. The number of benzene rings is 2. The number of rotatable bonds is 9. The van der Waals surface area contributed by atoms with Gasteiger partial charge in [0.2, 0.25) is 10.0 Å². The van der Waals surface area contributed by atoms with E-state index in [1.54, 1.807) is 35.1 Å². The molecule has 9 nitrogen and oxygen atoms in total. The molecule has 0 bridgehead atoms. The highest BCUT2D eigenvalue weighted by Crippen LogP contribution is 2.25. The molecule has 0 saturated carbocycles. The van der Waals surface area contributed by atoms with E-state index in [4.69, 9.17) is 9.47 Å². The van der Waals surface area contributed by atoms with Gasteiger partial charge >= 0.3 is 0 Å². The van der Waals surface area contributed by atoms with Crippen molar-refractivity contribution < 1.29 is 27.4 Å². The average Bonchev–Trinajstić information content (AvgIpc) is 3.32. The minimum Gasteiger partial charge on any atom is -0.497 e. The van der Waals surface area contributed by atoms with E-state index in [0.29, 0.717) is 37.3 Å². The zero-order valence-electron chi connectivity index (χ0n) is 18.7. The maximum Gasteiger partial charge on any atom is 0.241 e. The number of methoxy groups -OCH3 is 1. The summed E-state index contributed by atoms with van der Waals surface area (Å²) in [6, 6.07) is 11.7. The van der Waals surface area contributed by atoms with Gasteiger partial charge in [0.15, 0.2) is 0 Å². The number of nitrogens with zero attached hydrogens (tertiary/aromatic N) is 3. The SMILES string of the molecule is COc1cccc(S(=O)(=O)N[C@H]2CC[C@@H](CCn3cc(-c4ccc(F)cc4)nn3)O[C@H]2CO)c1. The predicted octanol–water partition coefficient (Wildman–Crippen LogP) is 2.37. The summed E-state index contributed by atoms with van der Waals surface area (Å²) < 4.78 is 54.2. The first kappa shape index (κ1) is 24.3. The van der Waals surface area contributed by atoms with Gasteiger partial charge in [-0.25, -0.2) is 17.5 Å². The van der Waals surface area contributed by atoms with Gasteiger partial charge in [-0.3, -0.25) is 4.68 Å². The minimum atomic E-state index is -3.80. The summed E-state index contributed by atoms with van der Waals surface area (Å²) in [5.41, 5.74) is 1.41. The number of nitrogens with one attached hydrogen (secondary N) is 1. The first-order chi connectivity index (χ1) is 16.4. The lowest BCUT2D eigenvalue weighted by atomic mass is 9.98. The highest BCUT2D eigenvalue weighted by atomic mass is 32.2. The van der Waals surface area contributed by atoms with Crippen molar-refractivity contribution in [2.75, 3.05) is 13.7 Å². The van der Waals surface area contributed by atoms with Crippen LogP contribution in [0.5, 0.6) is 5.75 Å². The lowest BCUT2D eigenvalue weighted by molar-refractivity contribution is -0.0891. The van der Waals surface area contributed by atoms with Crippen molar-refractivity contribution in [3.8, 4) is 17.0 Å². The molecule has 0 radical (unpaired) electrons. The van der Waals surface area contributed by atoms with Crippen molar-refractivity contribution >= 4 is 10.0 Å². The monoisotopic (exact) mass is 490 g/mol. The Morgan fingerprint density at radius 3 is 2.76 bits per heavy atom. The molecule has 2 N–H and O–H groups in total. The third-order valence-corrected chi connectivity index (χ3v) is 7.30. The van der Waals surface area contributed by atoms with Crippen molar-refractivity contribution in [2.24, 2.45) is 0 Å². The summed E-state index contributed by atoms with van der Waals surface area (Å²) in [7, 11) is -2.33. The first-order valence-corrected chi connectivity index (χ1v) is 12.4. The van der Waals surface area contributed by atoms with Gasteiger partial charge in [0.25, 0.3) is 0 Å². The Bertz CT molecular complexity index is 1200. The molecule has 182 valence electrons. The number of aliphatic hydroxyl groups excluding tert-OH is 1. The fourth-order valence-corrected chi connectivity index (χ4v) is 5.28. The van der Waals surface area contributed by atoms with Crippen molar-refractivity contribution in [1.29, 1.82) is 0 Å². The molecular formula is C23H27FN4O5S. The van der Waals surface area contributed by atoms with Crippen LogP contribution in [0.15, 0.2) is 59.6 Å². The molecule has 0 unspecified atom stereocenters. The van der Waals surface area contributed by atoms with Crippen molar-refractivity contribution in [2.45, 2.75) is 49.0 Å². The molecule has 0 aliphatic carbocycles. The number of sulfonamides is 1. The van der Waals surface area contributed by atoms with Crippen LogP contribution in [0, 0.1) is 5.82 Å². The summed E-state index contributed by atoms with van der Waals surface area (Å²) in [6.45, 7) is 0.233. The number of hydrogen-bond donors (Lipinski definition) is 2. The molecule has 2 heterocycles. The van der Waals surface area contributed by atoms with Gasteiger partial charge in [-0.2, -0.15) is 0 Å². The Hall–Kier alpha value is -2.86. The number of halogens is 1. The largest absolute Gasteiger partial charge is 0.497 e. The highest BCUT2D eigenvalue weighted by molar-refractivity contribution is 7.89. The molecule has 1 aliphatic heterocycles. The maximum atomic E-state index is 13.1. The number of hydrogen-bond acceptors (Lipinski definition) is 7. The molecule has 11 heteroatoms. The van der Waals surface area contributed by atoms with Gasteiger partial charge in [0.05, 0.1) is 43.1 Å². The Kier molecular flexibility index (Phi) is 7.57. The van der Waals surface area contributed by atoms with Crippen molar-refractivity contribution in [3.05, 3.63) is 60.5 Å². The molecule has 0 amide bonds. The first-order valence-electron chi connectivity index (χ1n) is 11.0. The van der Waals surface area contributed by atoms with Crippen LogP contribution in [0.25, 0.3) is 11.3 Å². The molecule has 1 fully saturated rings. The van der Waals surface area contributed by atoms with Crippen molar-refractivity contribution in [3.63, 3.8) is 0 Å². The van der Waals surface area contributed by atoms with Gasteiger partial charge in [0.1, 0.15) is 17.3 Å². The maximum absolute atomic E-state index is 13.1. The summed E-state index contributed by atoms with van der Waals surface area (Å²) >= 11 is 0. The smallest absolute Gasteiger partial charge is 0.241 e. The second kappa shape index (κ2) is 10.6. The van der Waals surface area contributed by atoms with E-state index in [1.807, 2.05) is 0 Å². The molecular weight excluding hydrogens is 463 g/mol. The van der Waals surface area contributed by atoms with E-state index in [-0.39, 0.29) is 23.4 Å². The summed E-state index contributed by atoms with van der Waals surface area (Å²) in [6.07, 6.45) is 2.74. The van der Waals surface area contributed by atoms with E-state index in [1.165, 1.54) is 31.4 Å². The van der Waals surface area contributed by atoms with E-state index >= 15 is 0 Å². The average molecular weight is 491 g/mol. The van der Waals surface area contributed by atoms with Gasteiger partial charge in [-0.1, -0.05) is 11.3 Å². The second-order valence-electron chi connectivity index (χ2n) is 8.13. The Balaban J connectivity index is 1.33. The topological polar surface area (TPSA) is 116 Å². The molecule has 1 saturated heterocycles. The molecule has 2 aromatic carbocycles. The van der Waals surface area contributed by atoms with Gasteiger partial charge in [-0.05, 0) is 55.7 Å². The zero-order valence-corrected chi connectivity index (χ0v) is 19.5. The van der Waals surface area contributed by atoms with Crippen LogP contribution < -0.4 is 9.46 Å². The molecule has 1 aromatic heterocycles.